The molecule has 0 saturated heterocycles. The van der Waals surface area contributed by atoms with Crippen LogP contribution in [0.4, 0.5) is 0 Å². The highest BCUT2D eigenvalue weighted by Gasteiger charge is 2.58. The fourth-order valence-electron chi connectivity index (χ4n) is 21.0. The van der Waals surface area contributed by atoms with Gasteiger partial charge in [0.15, 0.2) is 0 Å². The van der Waals surface area contributed by atoms with Gasteiger partial charge < -0.3 is 9.13 Å². The number of benzene rings is 11. The monoisotopic (exact) mass is 1440 g/mol. The summed E-state index contributed by atoms with van der Waals surface area (Å²) in [5.41, 5.74) is 32.7. The number of fused-ring (bicyclic) bond motifs is 14. The van der Waals surface area contributed by atoms with E-state index in [0.717, 1.165) is 12.0 Å². The minimum atomic E-state index is -0.647. The zero-order chi connectivity index (χ0) is 77.0. The standard InChI is InChI=1S/C107H116N2O/c1-18-20-22-24-26-32-58-106(59-33-27-25-23-21-19-2)87-36-30-28-34-79(87)81-63-90-82(62-89(81)106)80-35-29-31-37-88(80)107(90,73-44-40-71(41-45-73)102(11,12)103(13,14)76-51-57-96-84(61-76)85-64-91-92(101(91,9)10)66-97(85)108(96)77-52-38-69(68-110)39-53-77)74-46-42-72(43-47-74)104(15,16)105(17)93-65-86-83-60-75(100(6,7)8)50-56-95(83)109(98(86)67-94(93)105)78-54-48-70(49-55-78)99(3,4)5/h28-31,34-57,60-68H,18-27,32-33,58-59H2,1-17H3. The van der Waals surface area contributed by atoms with Gasteiger partial charge in [0.1, 0.15) is 6.29 Å². The fraction of sp³-hybridized carbons (Fsp3) is 0.374. The van der Waals surface area contributed by atoms with Crippen LogP contribution in [-0.4, -0.2) is 15.4 Å². The van der Waals surface area contributed by atoms with Crippen molar-refractivity contribution in [1.29, 1.82) is 0 Å². The minimum absolute atomic E-state index is 0.0102. The maximum Gasteiger partial charge on any atom is 0.150 e. The van der Waals surface area contributed by atoms with Crippen LogP contribution in [0.3, 0.4) is 0 Å². The van der Waals surface area contributed by atoms with Crippen molar-refractivity contribution < 1.29 is 4.79 Å². The number of aromatic nitrogens is 2. The lowest BCUT2D eigenvalue weighted by molar-refractivity contribution is 0.112. The number of nitrogens with zero attached hydrogens (tertiary/aromatic N) is 2. The van der Waals surface area contributed by atoms with Gasteiger partial charge in [-0.25, -0.2) is 0 Å². The van der Waals surface area contributed by atoms with Crippen molar-refractivity contribution >= 4 is 49.9 Å². The van der Waals surface area contributed by atoms with Crippen LogP contribution in [0.1, 0.15) is 301 Å². The normalized spacial score (nSPS) is 17.4. The molecule has 0 amide bonds. The van der Waals surface area contributed by atoms with E-state index in [1.165, 1.54) is 234 Å². The lowest BCUT2D eigenvalue weighted by atomic mass is 9.60. The van der Waals surface area contributed by atoms with Gasteiger partial charge in [0.2, 0.25) is 0 Å². The third kappa shape index (κ3) is 11.1. The highest BCUT2D eigenvalue weighted by molar-refractivity contribution is 6.12. The maximum absolute atomic E-state index is 11.9. The average molecular weight is 1450 g/mol. The van der Waals surface area contributed by atoms with E-state index in [9.17, 15) is 4.79 Å². The lowest BCUT2D eigenvalue weighted by Crippen LogP contribution is -2.40. The number of aldehydes is 1. The summed E-state index contributed by atoms with van der Waals surface area (Å²) in [5, 5.41) is 5.19. The van der Waals surface area contributed by atoms with Crippen molar-refractivity contribution in [2.24, 2.45) is 0 Å². The Labute approximate surface area is 657 Å². The predicted octanol–water partition coefficient (Wildman–Crippen LogP) is 28.9. The maximum atomic E-state index is 11.9. The molecule has 4 aliphatic rings. The second-order valence-corrected chi connectivity index (χ2v) is 38.4. The van der Waals surface area contributed by atoms with E-state index in [1.807, 2.05) is 12.1 Å². The Bertz CT molecular complexity index is 5770. The number of carbonyl (C=O) groups excluding carboxylic acids is 1. The van der Waals surface area contributed by atoms with Gasteiger partial charge in [-0.15, -0.1) is 0 Å². The fourth-order valence-corrected chi connectivity index (χ4v) is 21.0. The van der Waals surface area contributed by atoms with Gasteiger partial charge in [0.25, 0.3) is 0 Å². The van der Waals surface area contributed by atoms with Gasteiger partial charge in [-0.3, -0.25) is 4.79 Å². The zero-order valence-corrected chi connectivity index (χ0v) is 69.1. The van der Waals surface area contributed by atoms with Crippen LogP contribution in [0.15, 0.2) is 218 Å². The van der Waals surface area contributed by atoms with Gasteiger partial charge in [-0.05, 0) is 237 Å². The van der Waals surface area contributed by atoms with Crippen molar-refractivity contribution in [3.63, 3.8) is 0 Å². The molecule has 11 aromatic carbocycles. The van der Waals surface area contributed by atoms with E-state index in [-0.39, 0.29) is 43.3 Å². The molecule has 560 valence electrons. The highest BCUT2D eigenvalue weighted by Crippen LogP contribution is 2.65. The molecule has 4 aliphatic carbocycles. The Hall–Kier alpha value is -9.31. The number of hydrogen-bond acceptors (Lipinski definition) is 1. The molecule has 2 atom stereocenters. The van der Waals surface area contributed by atoms with E-state index in [1.54, 1.807) is 11.1 Å². The van der Waals surface area contributed by atoms with Crippen LogP contribution in [0.2, 0.25) is 0 Å². The van der Waals surface area contributed by atoms with Crippen LogP contribution < -0.4 is 0 Å². The molecule has 2 aromatic heterocycles. The first kappa shape index (κ1) is 73.5. The van der Waals surface area contributed by atoms with Crippen molar-refractivity contribution in [2.45, 2.75) is 256 Å². The Morgan fingerprint density at radius 3 is 1.29 bits per heavy atom. The molecular formula is C107H116N2O. The Kier molecular flexibility index (Phi) is 17.7. The summed E-state index contributed by atoms with van der Waals surface area (Å²) in [6, 6.07) is 86.9. The second-order valence-electron chi connectivity index (χ2n) is 38.4. The second kappa shape index (κ2) is 26.4. The van der Waals surface area contributed by atoms with Crippen molar-refractivity contribution in [3.8, 4) is 33.6 Å². The smallest absolute Gasteiger partial charge is 0.150 e. The molecule has 3 heteroatoms. The summed E-state index contributed by atoms with van der Waals surface area (Å²) in [6.45, 7) is 40.7. The third-order valence-electron chi connectivity index (χ3n) is 29.2. The summed E-state index contributed by atoms with van der Waals surface area (Å²) >= 11 is 0. The summed E-state index contributed by atoms with van der Waals surface area (Å²) in [4.78, 5) is 11.9. The largest absolute Gasteiger partial charge is 0.309 e. The summed E-state index contributed by atoms with van der Waals surface area (Å²) in [5.74, 6) is 0. The molecule has 2 heterocycles. The van der Waals surface area contributed by atoms with E-state index < -0.39 is 5.41 Å². The number of unbranched alkanes of at least 4 members (excludes halogenated alkanes) is 10. The SMILES string of the molecule is CCCCCCCCC1(CCCCCCCC)c2ccccc2-c2cc3c(cc21)-c1ccccc1C3(c1ccc(C(C)(C)C(C)(C)c2ccc3c(c2)c2cc4c(cc2n3-c2ccc(C=O)cc2)C4(C)C)cc1)c1ccc(C(C)(C)C2(C)c3cc4c5cc(C(C)(C)C)ccc5n(-c5ccc(C(C)(C)C)cc5)c4cc32)cc1. The van der Waals surface area contributed by atoms with Crippen LogP contribution >= 0.6 is 0 Å². The zero-order valence-electron chi connectivity index (χ0n) is 69.1. The minimum Gasteiger partial charge on any atom is -0.309 e. The van der Waals surface area contributed by atoms with Gasteiger partial charge in [0.05, 0.1) is 27.5 Å². The Morgan fingerprint density at radius 1 is 0.327 bits per heavy atom. The molecule has 0 aliphatic heterocycles. The van der Waals surface area contributed by atoms with Crippen molar-refractivity contribution in [1.82, 2.24) is 9.13 Å². The number of hydrogen-bond donors (Lipinski definition) is 0. The lowest BCUT2D eigenvalue weighted by Gasteiger charge is -2.43. The first-order valence-electron chi connectivity index (χ1n) is 42.1. The van der Waals surface area contributed by atoms with Crippen LogP contribution in [0, 0.1) is 0 Å². The quantitative estimate of drug-likeness (QED) is 0.0437. The predicted molar refractivity (Wildman–Crippen MR) is 468 cm³/mol. The molecule has 2 unspecified atom stereocenters. The molecule has 0 radical (unpaired) electrons. The van der Waals surface area contributed by atoms with Gasteiger partial charge in [0, 0.05) is 60.1 Å². The molecule has 110 heavy (non-hydrogen) atoms. The molecule has 0 bridgehead atoms. The van der Waals surface area contributed by atoms with Crippen LogP contribution in [0.5, 0.6) is 0 Å². The molecule has 0 saturated carbocycles. The first-order chi connectivity index (χ1) is 52.6. The first-order valence-corrected chi connectivity index (χ1v) is 42.1. The van der Waals surface area contributed by atoms with Crippen LogP contribution in [-0.2, 0) is 48.7 Å². The highest BCUT2D eigenvalue weighted by atomic mass is 16.1. The summed E-state index contributed by atoms with van der Waals surface area (Å²) in [7, 11) is 0. The summed E-state index contributed by atoms with van der Waals surface area (Å²) < 4.78 is 4.95. The van der Waals surface area contributed by atoms with Gasteiger partial charge >= 0.3 is 0 Å². The molecule has 0 spiro atoms. The molecule has 17 rings (SSSR count). The Morgan fingerprint density at radius 2 is 0.736 bits per heavy atom. The molecular weight excluding hydrogens is 1330 g/mol. The molecule has 0 N–H and O–H groups in total. The topological polar surface area (TPSA) is 26.9 Å². The molecule has 0 fully saturated rings. The Balaban J connectivity index is 0.801. The van der Waals surface area contributed by atoms with E-state index in [2.05, 4.69) is 333 Å². The van der Waals surface area contributed by atoms with Crippen molar-refractivity contribution in [3.05, 3.63) is 307 Å². The van der Waals surface area contributed by atoms with Gasteiger partial charge in [-0.2, -0.15) is 0 Å². The molecule has 3 nitrogen and oxygen atoms in total. The number of rotatable bonds is 24. The van der Waals surface area contributed by atoms with E-state index >= 15 is 0 Å². The van der Waals surface area contributed by atoms with E-state index in [0.29, 0.717) is 5.56 Å². The third-order valence-corrected chi connectivity index (χ3v) is 29.2. The molecule has 13 aromatic rings. The number of carbonyl (C=O) groups is 1. The van der Waals surface area contributed by atoms with Crippen LogP contribution in [0.25, 0.3) is 77.2 Å². The summed E-state index contributed by atoms with van der Waals surface area (Å²) in [6.07, 6.45) is 18.9. The van der Waals surface area contributed by atoms with Crippen molar-refractivity contribution in [2.75, 3.05) is 0 Å². The van der Waals surface area contributed by atoms with Gasteiger partial charge in [-0.1, -0.05) is 316 Å². The average Bonchev–Trinajstić information content (AvgIpc) is 1.50. The van der Waals surface area contributed by atoms with E-state index in [4.69, 9.17) is 0 Å².